The smallest absolute Gasteiger partial charge is 0.165 e. The molecule has 2 aliphatic rings. The number of phenols is 1. The van der Waals surface area contributed by atoms with Crippen molar-refractivity contribution in [3.63, 3.8) is 0 Å². The van der Waals surface area contributed by atoms with E-state index in [-0.39, 0.29) is 17.6 Å². The van der Waals surface area contributed by atoms with E-state index in [0.29, 0.717) is 35.1 Å². The second-order valence-electron chi connectivity index (χ2n) is 9.37. The molecular formula is C26H30FN5O2. The van der Waals surface area contributed by atoms with Crippen LogP contribution in [0.5, 0.6) is 5.75 Å². The number of aryl methyl sites for hydroxylation is 1. The molecule has 0 bridgehead atoms. The van der Waals surface area contributed by atoms with Gasteiger partial charge in [0.25, 0.3) is 0 Å². The Kier molecular flexibility index (Phi) is 5.87. The first-order valence-corrected chi connectivity index (χ1v) is 11.8. The summed E-state index contributed by atoms with van der Waals surface area (Å²) in [5, 5.41) is 28.2. The number of imidazole rings is 1. The van der Waals surface area contributed by atoms with E-state index in [4.69, 9.17) is 16.1 Å². The summed E-state index contributed by atoms with van der Waals surface area (Å²) in [7, 11) is 0. The molecule has 6 N–H and O–H groups in total. The van der Waals surface area contributed by atoms with E-state index < -0.39 is 5.82 Å². The van der Waals surface area contributed by atoms with E-state index in [2.05, 4.69) is 9.88 Å². The second-order valence-corrected chi connectivity index (χ2v) is 9.37. The van der Waals surface area contributed by atoms with Gasteiger partial charge in [-0.25, -0.2) is 9.37 Å². The van der Waals surface area contributed by atoms with Gasteiger partial charge in [0, 0.05) is 30.4 Å². The lowest BCUT2D eigenvalue weighted by molar-refractivity contribution is 0.0718. The monoisotopic (exact) mass is 463 g/mol. The fourth-order valence-electron chi connectivity index (χ4n) is 5.21. The van der Waals surface area contributed by atoms with Crippen LogP contribution in [0.4, 0.5) is 10.1 Å². The molecule has 0 radical (unpaired) electrons. The molecule has 0 saturated heterocycles. The summed E-state index contributed by atoms with van der Waals surface area (Å²) in [6.07, 6.45) is 4.18. The number of rotatable bonds is 5. The number of anilines is 1. The van der Waals surface area contributed by atoms with Crippen molar-refractivity contribution in [3.8, 4) is 16.9 Å². The number of phenolic OH excluding ortho intramolecular Hbond substituents is 1. The van der Waals surface area contributed by atoms with Crippen molar-refractivity contribution < 1.29 is 14.6 Å². The summed E-state index contributed by atoms with van der Waals surface area (Å²) >= 11 is 0. The molecule has 2 aromatic carbocycles. The van der Waals surface area contributed by atoms with Crippen LogP contribution in [0.25, 0.3) is 11.1 Å². The Morgan fingerprint density at radius 3 is 2.65 bits per heavy atom. The van der Waals surface area contributed by atoms with Crippen LogP contribution >= 0.6 is 0 Å². The molecule has 0 amide bonds. The Balaban J connectivity index is 1.34. The van der Waals surface area contributed by atoms with E-state index >= 15 is 0 Å². The van der Waals surface area contributed by atoms with Crippen molar-refractivity contribution in [2.45, 2.75) is 64.3 Å². The average molecular weight is 464 g/mol. The Bertz CT molecular complexity index is 1220. The number of hydrogen-bond acceptors (Lipinski definition) is 6. The SMILES string of the molecule is CCc1cc(O)c(F)cc1-c1ccc(C(=N)c2nc3c([nH]2)CN(C2CCC(O)CC2)C3)c(N)c1. The molecule has 0 unspecified atom stereocenters. The molecule has 1 aliphatic carbocycles. The minimum Gasteiger partial charge on any atom is -0.505 e. The number of benzene rings is 2. The molecule has 1 fully saturated rings. The number of aliphatic hydroxyl groups is 1. The Hall–Kier alpha value is -3.23. The molecule has 7 nitrogen and oxygen atoms in total. The van der Waals surface area contributed by atoms with Gasteiger partial charge in [-0.3, -0.25) is 10.3 Å². The van der Waals surface area contributed by atoms with Crippen molar-refractivity contribution in [1.29, 1.82) is 5.41 Å². The van der Waals surface area contributed by atoms with Crippen molar-refractivity contribution >= 4 is 11.4 Å². The number of hydrogen-bond donors (Lipinski definition) is 5. The minimum atomic E-state index is -0.675. The Morgan fingerprint density at radius 1 is 1.21 bits per heavy atom. The molecule has 1 aromatic heterocycles. The van der Waals surface area contributed by atoms with Crippen molar-refractivity contribution in [2.24, 2.45) is 0 Å². The van der Waals surface area contributed by atoms with Gasteiger partial charge in [0.1, 0.15) is 5.71 Å². The first-order valence-electron chi connectivity index (χ1n) is 11.8. The number of aromatic nitrogens is 2. The summed E-state index contributed by atoms with van der Waals surface area (Å²) in [6, 6.07) is 8.56. The second kappa shape index (κ2) is 8.85. The number of nitrogens with two attached hydrogens (primary N) is 1. The van der Waals surface area contributed by atoms with Crippen LogP contribution in [0.2, 0.25) is 0 Å². The van der Waals surface area contributed by atoms with Gasteiger partial charge in [-0.1, -0.05) is 19.1 Å². The highest BCUT2D eigenvalue weighted by atomic mass is 19.1. The molecular weight excluding hydrogens is 433 g/mol. The van der Waals surface area contributed by atoms with E-state index in [1.54, 1.807) is 12.1 Å². The van der Waals surface area contributed by atoms with E-state index in [9.17, 15) is 14.6 Å². The number of fused-ring (bicyclic) bond motifs is 1. The summed E-state index contributed by atoms with van der Waals surface area (Å²) in [5.41, 5.74) is 11.8. The number of H-pyrrole nitrogens is 1. The standard InChI is InChI=1S/C26H30FN5O2/c1-2-14-10-24(34)20(27)11-19(14)15-3-8-18(21(28)9-15)25(29)26-30-22-12-32(13-23(22)31-26)16-4-6-17(33)7-5-16/h3,8-11,16-17,29,33-34H,2,4-7,12-13,28H2,1H3,(H,30,31). The van der Waals surface area contributed by atoms with Gasteiger partial charge in [-0.05, 0) is 67.0 Å². The third kappa shape index (κ3) is 4.08. The third-order valence-electron chi connectivity index (χ3n) is 7.18. The van der Waals surface area contributed by atoms with Gasteiger partial charge in [0.2, 0.25) is 0 Å². The maximum absolute atomic E-state index is 14.0. The molecule has 1 saturated carbocycles. The fourth-order valence-corrected chi connectivity index (χ4v) is 5.21. The fraction of sp³-hybridized carbons (Fsp3) is 0.385. The molecule has 3 aromatic rings. The first-order chi connectivity index (χ1) is 16.3. The van der Waals surface area contributed by atoms with Crippen LogP contribution in [-0.4, -0.2) is 42.9 Å². The zero-order valence-corrected chi connectivity index (χ0v) is 19.2. The summed E-state index contributed by atoms with van der Waals surface area (Å²) in [5.74, 6) is -0.545. The average Bonchev–Trinajstić information content (AvgIpc) is 3.40. The topological polar surface area (TPSA) is 122 Å². The lowest BCUT2D eigenvalue weighted by Gasteiger charge is -2.32. The zero-order valence-electron chi connectivity index (χ0n) is 19.2. The van der Waals surface area contributed by atoms with Gasteiger partial charge < -0.3 is 20.9 Å². The Morgan fingerprint density at radius 2 is 1.97 bits per heavy atom. The van der Waals surface area contributed by atoms with Crippen LogP contribution in [-0.2, 0) is 19.5 Å². The van der Waals surface area contributed by atoms with Crippen LogP contribution in [0, 0.1) is 11.2 Å². The molecule has 0 atom stereocenters. The van der Waals surface area contributed by atoms with Crippen LogP contribution in [0.3, 0.4) is 0 Å². The molecule has 8 heteroatoms. The number of aromatic amines is 1. The minimum absolute atomic E-state index is 0.166. The van der Waals surface area contributed by atoms with Crippen LogP contribution in [0.1, 0.15) is 60.9 Å². The number of nitrogen functional groups attached to an aromatic ring is 1. The quantitative estimate of drug-likeness (QED) is 0.288. The summed E-state index contributed by atoms with van der Waals surface area (Å²) in [6.45, 7) is 3.47. The third-order valence-corrected chi connectivity index (χ3v) is 7.18. The summed E-state index contributed by atoms with van der Waals surface area (Å²) < 4.78 is 14.0. The van der Waals surface area contributed by atoms with Gasteiger partial charge >= 0.3 is 0 Å². The predicted octanol–water partition coefficient (Wildman–Crippen LogP) is 4.10. The maximum atomic E-state index is 14.0. The van der Waals surface area contributed by atoms with Gasteiger partial charge in [0.15, 0.2) is 17.4 Å². The van der Waals surface area contributed by atoms with Gasteiger partial charge in [-0.2, -0.15) is 0 Å². The highest BCUT2D eigenvalue weighted by Gasteiger charge is 2.31. The van der Waals surface area contributed by atoms with Crippen LogP contribution < -0.4 is 5.73 Å². The molecule has 1 aliphatic heterocycles. The molecule has 2 heterocycles. The van der Waals surface area contributed by atoms with Gasteiger partial charge in [0.05, 0.1) is 17.5 Å². The van der Waals surface area contributed by atoms with E-state index in [0.717, 1.165) is 61.3 Å². The van der Waals surface area contributed by atoms with Gasteiger partial charge in [-0.15, -0.1) is 0 Å². The highest BCUT2D eigenvalue weighted by molar-refractivity contribution is 6.12. The lowest BCUT2D eigenvalue weighted by Crippen LogP contribution is -2.35. The number of aliphatic hydroxyl groups excluding tert-OH is 1. The number of halogens is 1. The Labute approximate surface area is 198 Å². The zero-order chi connectivity index (χ0) is 24.0. The largest absolute Gasteiger partial charge is 0.505 e. The van der Waals surface area contributed by atoms with Crippen molar-refractivity contribution in [2.75, 3.05) is 5.73 Å². The van der Waals surface area contributed by atoms with E-state index in [1.165, 1.54) is 12.1 Å². The maximum Gasteiger partial charge on any atom is 0.165 e. The lowest BCUT2D eigenvalue weighted by atomic mass is 9.92. The highest BCUT2D eigenvalue weighted by Crippen LogP contribution is 2.33. The molecule has 0 spiro atoms. The summed E-state index contributed by atoms with van der Waals surface area (Å²) in [4.78, 5) is 10.4. The molecule has 5 rings (SSSR count). The molecule has 178 valence electrons. The number of nitrogens with one attached hydrogen (secondary N) is 2. The van der Waals surface area contributed by atoms with Crippen molar-refractivity contribution in [3.05, 3.63) is 64.5 Å². The van der Waals surface area contributed by atoms with Crippen molar-refractivity contribution in [1.82, 2.24) is 14.9 Å². The number of nitrogens with zero attached hydrogens (tertiary/aromatic N) is 2. The normalized spacial score (nSPS) is 20.4. The van der Waals surface area contributed by atoms with E-state index in [1.807, 2.05) is 13.0 Å². The first kappa shape index (κ1) is 22.6. The number of aromatic hydroxyl groups is 1. The molecule has 34 heavy (non-hydrogen) atoms. The predicted molar refractivity (Wildman–Crippen MR) is 129 cm³/mol. The van der Waals surface area contributed by atoms with Crippen LogP contribution in [0.15, 0.2) is 30.3 Å².